The van der Waals surface area contributed by atoms with Crippen LogP contribution in [-0.4, -0.2) is 72.9 Å². The number of hydrogen-bond donors (Lipinski definition) is 1. The van der Waals surface area contributed by atoms with E-state index in [1.807, 2.05) is 36.4 Å². The lowest BCUT2D eigenvalue weighted by molar-refractivity contribution is -0.145. The van der Waals surface area contributed by atoms with E-state index in [9.17, 15) is 14.3 Å². The van der Waals surface area contributed by atoms with Crippen molar-refractivity contribution in [2.24, 2.45) is 0 Å². The molecule has 0 amide bonds. The highest BCUT2D eigenvalue weighted by atomic mass is 19.1. The summed E-state index contributed by atoms with van der Waals surface area (Å²) in [5.41, 5.74) is 1.99. The van der Waals surface area contributed by atoms with Crippen molar-refractivity contribution < 1.29 is 19.0 Å². The number of nitrogens with zero attached hydrogens (tertiary/aromatic N) is 2. The van der Waals surface area contributed by atoms with Crippen LogP contribution in [0, 0.1) is 5.82 Å². The number of hydrogen-bond acceptors (Lipinski definition) is 5. The van der Waals surface area contributed by atoms with Crippen molar-refractivity contribution in [1.82, 2.24) is 9.80 Å². The van der Waals surface area contributed by atoms with Crippen molar-refractivity contribution in [3.63, 3.8) is 0 Å². The first kappa shape index (κ1) is 45.9. The summed E-state index contributed by atoms with van der Waals surface area (Å²) in [6, 6.07) is 14.5. The first-order valence-electron chi connectivity index (χ1n) is 21.5. The van der Waals surface area contributed by atoms with Crippen molar-refractivity contribution in [2.45, 2.75) is 168 Å². The number of ether oxygens (including phenoxy) is 1. The fraction of sp³-hybridized carbons (Fsp3) is 0.717. The Balaban J connectivity index is 1.61. The maximum absolute atomic E-state index is 14.8. The van der Waals surface area contributed by atoms with Crippen LogP contribution in [-0.2, 0) is 9.53 Å². The predicted octanol–water partition coefficient (Wildman–Crippen LogP) is 12.0. The van der Waals surface area contributed by atoms with E-state index in [2.05, 4.69) is 30.6 Å². The molecule has 0 aliphatic rings. The minimum atomic E-state index is -0.514. The van der Waals surface area contributed by atoms with Gasteiger partial charge in [0.05, 0.1) is 18.6 Å². The maximum atomic E-state index is 14.8. The third kappa shape index (κ3) is 20.8. The average molecular weight is 725 g/mol. The number of rotatable bonds is 33. The van der Waals surface area contributed by atoms with Gasteiger partial charge in [-0.25, -0.2) is 4.39 Å². The topological polar surface area (TPSA) is 53.0 Å². The number of esters is 1. The molecule has 0 aliphatic carbocycles. The van der Waals surface area contributed by atoms with Crippen molar-refractivity contribution in [3.05, 3.63) is 59.9 Å². The van der Waals surface area contributed by atoms with Gasteiger partial charge >= 0.3 is 5.97 Å². The zero-order valence-electron chi connectivity index (χ0n) is 33.9. The van der Waals surface area contributed by atoms with Crippen LogP contribution in [0.2, 0.25) is 0 Å². The van der Waals surface area contributed by atoms with Gasteiger partial charge in [-0.3, -0.25) is 4.79 Å². The minimum absolute atomic E-state index is 0.254. The number of aliphatic hydroxyl groups is 1. The Morgan fingerprint density at radius 2 is 1.21 bits per heavy atom. The summed E-state index contributed by atoms with van der Waals surface area (Å²) in [4.78, 5) is 17.7. The van der Waals surface area contributed by atoms with Crippen molar-refractivity contribution in [2.75, 3.05) is 45.9 Å². The molecule has 1 N–H and O–H groups in total. The van der Waals surface area contributed by atoms with Crippen LogP contribution in [0.1, 0.15) is 168 Å². The molecule has 2 atom stereocenters. The molecule has 5 nitrogen and oxygen atoms in total. The van der Waals surface area contributed by atoms with Gasteiger partial charge in [0.15, 0.2) is 0 Å². The average Bonchev–Trinajstić information content (AvgIpc) is 3.16. The van der Waals surface area contributed by atoms with Gasteiger partial charge in [0, 0.05) is 12.1 Å². The van der Waals surface area contributed by atoms with Gasteiger partial charge in [-0.05, 0) is 82.5 Å². The van der Waals surface area contributed by atoms with E-state index in [0.29, 0.717) is 17.7 Å². The molecule has 2 unspecified atom stereocenters. The maximum Gasteiger partial charge on any atom is 0.313 e. The first-order chi connectivity index (χ1) is 25.4. The Labute approximate surface area is 319 Å². The highest BCUT2D eigenvalue weighted by molar-refractivity contribution is 5.78. The van der Waals surface area contributed by atoms with E-state index in [0.717, 1.165) is 89.8 Å². The molecule has 0 saturated heterocycles. The Bertz CT molecular complexity index is 1140. The summed E-state index contributed by atoms with van der Waals surface area (Å²) < 4.78 is 20.4. The number of benzene rings is 2. The molecule has 296 valence electrons. The summed E-state index contributed by atoms with van der Waals surface area (Å²) in [6.45, 7) is 14.9. The fourth-order valence-electron chi connectivity index (χ4n) is 7.19. The van der Waals surface area contributed by atoms with E-state index >= 15 is 0 Å². The van der Waals surface area contributed by atoms with Gasteiger partial charge in [0.25, 0.3) is 0 Å². The molecule has 2 aromatic carbocycles. The number of carbonyl (C=O) groups is 1. The summed E-state index contributed by atoms with van der Waals surface area (Å²) in [5, 5.41) is 10.9. The molecule has 0 bridgehead atoms. The number of halogens is 1. The SMILES string of the molecule is CCCCCCCCCCCCCCCCC(O)CN(CCCCCCOC(=O)C(C)c1ccc(-c2ccccc2)c(F)c1)CCCN(CC)CC. The summed E-state index contributed by atoms with van der Waals surface area (Å²) in [5.74, 6) is -1.15. The Morgan fingerprint density at radius 3 is 1.81 bits per heavy atom. The minimum Gasteiger partial charge on any atom is -0.465 e. The van der Waals surface area contributed by atoms with Gasteiger partial charge < -0.3 is 19.6 Å². The zero-order chi connectivity index (χ0) is 37.7. The van der Waals surface area contributed by atoms with Crippen LogP contribution in [0.15, 0.2) is 48.5 Å². The van der Waals surface area contributed by atoms with E-state index in [-0.39, 0.29) is 17.9 Å². The van der Waals surface area contributed by atoms with Gasteiger partial charge in [-0.2, -0.15) is 0 Å². The highest BCUT2D eigenvalue weighted by Crippen LogP contribution is 2.27. The Morgan fingerprint density at radius 1 is 0.673 bits per heavy atom. The molecule has 0 spiro atoms. The number of aliphatic hydroxyl groups excluding tert-OH is 1. The van der Waals surface area contributed by atoms with Crippen molar-refractivity contribution in [3.8, 4) is 11.1 Å². The lowest BCUT2D eigenvalue weighted by Crippen LogP contribution is -2.36. The monoisotopic (exact) mass is 725 g/mol. The highest BCUT2D eigenvalue weighted by Gasteiger charge is 2.19. The van der Waals surface area contributed by atoms with Crippen molar-refractivity contribution in [1.29, 1.82) is 0 Å². The largest absolute Gasteiger partial charge is 0.465 e. The zero-order valence-corrected chi connectivity index (χ0v) is 33.9. The van der Waals surface area contributed by atoms with Crippen LogP contribution in [0.5, 0.6) is 0 Å². The molecule has 0 fully saturated rings. The molecule has 2 rings (SSSR count). The van der Waals surface area contributed by atoms with Crippen LogP contribution in [0.3, 0.4) is 0 Å². The first-order valence-corrected chi connectivity index (χ1v) is 21.5. The lowest BCUT2D eigenvalue weighted by atomic mass is 9.97. The van der Waals surface area contributed by atoms with E-state index in [4.69, 9.17) is 4.74 Å². The Hall–Kier alpha value is -2.28. The van der Waals surface area contributed by atoms with E-state index in [1.165, 1.54) is 89.5 Å². The van der Waals surface area contributed by atoms with Crippen LogP contribution in [0.25, 0.3) is 11.1 Å². The normalized spacial score (nSPS) is 12.8. The lowest BCUT2D eigenvalue weighted by Gasteiger charge is -2.27. The van der Waals surface area contributed by atoms with Gasteiger partial charge in [-0.1, -0.05) is 166 Å². The van der Waals surface area contributed by atoms with Crippen molar-refractivity contribution >= 4 is 5.97 Å². The third-order valence-electron chi connectivity index (χ3n) is 10.7. The standard InChI is InChI=1S/C46H77FN2O3/c1-5-8-9-10-11-12-13-14-15-16-17-18-19-25-31-43(50)39-49(36-28-35-48(6-2)7-3)34-26-20-21-27-37-52-46(51)40(4)42-32-33-44(45(47)38-42)41-29-23-22-24-30-41/h22-24,29-30,32-33,38,40,43,50H,5-21,25-28,31,34-37,39H2,1-4H3. The summed E-state index contributed by atoms with van der Waals surface area (Å²) >= 11 is 0. The van der Waals surface area contributed by atoms with Crippen LogP contribution >= 0.6 is 0 Å². The molecular weight excluding hydrogens is 648 g/mol. The molecule has 0 aromatic heterocycles. The molecule has 52 heavy (non-hydrogen) atoms. The summed E-state index contributed by atoms with van der Waals surface area (Å²) in [7, 11) is 0. The second kappa shape index (κ2) is 30.1. The molecular formula is C46H77FN2O3. The second-order valence-corrected chi connectivity index (χ2v) is 15.1. The quantitative estimate of drug-likeness (QED) is 0.0587. The molecule has 0 heterocycles. The van der Waals surface area contributed by atoms with Gasteiger partial charge in [0.1, 0.15) is 5.82 Å². The fourth-order valence-corrected chi connectivity index (χ4v) is 7.19. The molecule has 0 saturated carbocycles. The Kier molecular flexibility index (Phi) is 26.5. The molecule has 0 radical (unpaired) electrons. The van der Waals surface area contributed by atoms with Gasteiger partial charge in [-0.15, -0.1) is 0 Å². The molecule has 6 heteroatoms. The van der Waals surface area contributed by atoms with Crippen LogP contribution in [0.4, 0.5) is 4.39 Å². The summed E-state index contributed by atoms with van der Waals surface area (Å²) in [6.07, 6.45) is 24.7. The van der Waals surface area contributed by atoms with Crippen LogP contribution < -0.4 is 0 Å². The smallest absolute Gasteiger partial charge is 0.313 e. The second-order valence-electron chi connectivity index (χ2n) is 15.1. The molecule has 0 aliphatic heterocycles. The number of carbonyl (C=O) groups excluding carboxylic acids is 1. The number of unbranched alkanes of at least 4 members (excludes halogenated alkanes) is 16. The van der Waals surface area contributed by atoms with E-state index in [1.54, 1.807) is 13.0 Å². The van der Waals surface area contributed by atoms with E-state index < -0.39 is 5.92 Å². The molecule has 2 aromatic rings. The third-order valence-corrected chi connectivity index (χ3v) is 10.7. The van der Waals surface area contributed by atoms with Gasteiger partial charge in [0.2, 0.25) is 0 Å². The predicted molar refractivity (Wildman–Crippen MR) is 219 cm³/mol.